The fourth-order valence-electron chi connectivity index (χ4n) is 1.60. The first-order valence-electron chi connectivity index (χ1n) is 5.93. The number of hydrogen-bond acceptors (Lipinski definition) is 3. The van der Waals surface area contributed by atoms with Crippen LogP contribution in [0, 0.1) is 0 Å². The molecule has 0 unspecified atom stereocenters. The van der Waals surface area contributed by atoms with Crippen LogP contribution in [0.25, 0.3) is 0 Å². The topological polar surface area (TPSA) is 79.2 Å². The van der Waals surface area contributed by atoms with Crippen LogP contribution in [0.4, 0.5) is 11.4 Å². The maximum absolute atomic E-state index is 11.3. The predicted molar refractivity (Wildman–Crippen MR) is 84.4 cm³/mol. The molecule has 0 heterocycles. The van der Waals surface area contributed by atoms with Crippen LogP contribution in [-0.4, -0.2) is 11.0 Å². The molecule has 0 radical (unpaired) electrons. The molecule has 0 aliphatic heterocycles. The van der Waals surface area contributed by atoms with Crippen molar-refractivity contribution in [2.45, 2.75) is 0 Å². The molecule has 1 amide bonds. The minimum absolute atomic E-state index is 0.332. The van der Waals surface area contributed by atoms with Gasteiger partial charge in [0, 0.05) is 16.9 Å². The van der Waals surface area contributed by atoms with E-state index in [0.29, 0.717) is 10.7 Å². The number of nitrogens with one attached hydrogen (secondary N) is 3. The molecular weight excluding hydrogens is 272 g/mol. The first kappa shape index (κ1) is 14.0. The van der Waals surface area contributed by atoms with E-state index in [1.165, 1.54) is 0 Å². The minimum Gasteiger partial charge on any atom is -0.332 e. The Morgan fingerprint density at radius 3 is 2.00 bits per heavy atom. The third kappa shape index (κ3) is 3.78. The summed E-state index contributed by atoms with van der Waals surface area (Å²) in [6, 6.07) is 16.4. The molecular formula is C14H14N4OS. The molecule has 0 saturated carbocycles. The van der Waals surface area contributed by atoms with Crippen molar-refractivity contribution in [2.24, 2.45) is 5.84 Å². The van der Waals surface area contributed by atoms with Gasteiger partial charge in [-0.05, 0) is 48.6 Å². The zero-order valence-corrected chi connectivity index (χ0v) is 11.4. The van der Waals surface area contributed by atoms with Gasteiger partial charge in [0.1, 0.15) is 0 Å². The van der Waals surface area contributed by atoms with Crippen molar-refractivity contribution >= 4 is 34.6 Å². The first-order chi connectivity index (χ1) is 9.69. The molecule has 0 aliphatic carbocycles. The molecule has 5 nitrogen and oxygen atoms in total. The predicted octanol–water partition coefficient (Wildman–Crippen LogP) is 2.10. The molecule has 0 aliphatic rings. The lowest BCUT2D eigenvalue weighted by atomic mass is 10.2. The number of thiocarbonyl (C=S) groups is 1. The lowest BCUT2D eigenvalue weighted by molar-refractivity contribution is 0.0953. The van der Waals surface area contributed by atoms with Crippen LogP contribution in [0.3, 0.4) is 0 Å². The highest BCUT2D eigenvalue weighted by Crippen LogP contribution is 2.11. The van der Waals surface area contributed by atoms with Crippen molar-refractivity contribution in [1.29, 1.82) is 0 Å². The third-order valence-corrected chi connectivity index (χ3v) is 2.77. The number of para-hydroxylation sites is 1. The van der Waals surface area contributed by atoms with Gasteiger partial charge in [0.15, 0.2) is 5.11 Å². The molecule has 0 atom stereocenters. The van der Waals surface area contributed by atoms with Crippen molar-refractivity contribution in [2.75, 3.05) is 10.6 Å². The van der Waals surface area contributed by atoms with Crippen molar-refractivity contribution < 1.29 is 4.79 Å². The molecule has 5 N–H and O–H groups in total. The zero-order valence-electron chi connectivity index (χ0n) is 10.6. The minimum atomic E-state index is -0.332. The molecule has 2 aromatic carbocycles. The Bertz CT molecular complexity index is 598. The Balaban J connectivity index is 1.96. The second kappa shape index (κ2) is 6.65. The highest BCUT2D eigenvalue weighted by Gasteiger charge is 2.03. The van der Waals surface area contributed by atoms with E-state index in [2.05, 4.69) is 16.1 Å². The van der Waals surface area contributed by atoms with E-state index in [1.54, 1.807) is 24.3 Å². The Labute approximate surface area is 122 Å². The highest BCUT2D eigenvalue weighted by molar-refractivity contribution is 7.80. The summed E-state index contributed by atoms with van der Waals surface area (Å²) < 4.78 is 0. The lowest BCUT2D eigenvalue weighted by Gasteiger charge is -2.10. The SMILES string of the molecule is NNC(=O)c1ccc(NC(=S)Nc2ccccc2)cc1. The molecule has 0 bridgehead atoms. The van der Waals surface area contributed by atoms with Crippen LogP contribution in [0.15, 0.2) is 54.6 Å². The molecule has 102 valence electrons. The number of amides is 1. The van der Waals surface area contributed by atoms with E-state index >= 15 is 0 Å². The summed E-state index contributed by atoms with van der Waals surface area (Å²) in [6.07, 6.45) is 0. The van der Waals surface area contributed by atoms with Crippen molar-refractivity contribution in [1.82, 2.24) is 5.43 Å². The fraction of sp³-hybridized carbons (Fsp3) is 0. The number of benzene rings is 2. The van der Waals surface area contributed by atoms with Crippen LogP contribution in [0.1, 0.15) is 10.4 Å². The summed E-state index contributed by atoms with van der Waals surface area (Å²) in [5.41, 5.74) is 4.25. The number of rotatable bonds is 3. The standard InChI is InChI=1S/C14H14N4OS/c15-18-13(19)10-6-8-12(9-7-10)17-14(20)16-11-4-2-1-3-5-11/h1-9H,15H2,(H,18,19)(H2,16,17,20). The van der Waals surface area contributed by atoms with E-state index in [4.69, 9.17) is 18.1 Å². The number of hydrogen-bond donors (Lipinski definition) is 4. The molecule has 2 rings (SSSR count). The van der Waals surface area contributed by atoms with Gasteiger partial charge in [-0.15, -0.1) is 0 Å². The first-order valence-corrected chi connectivity index (χ1v) is 6.34. The monoisotopic (exact) mass is 286 g/mol. The number of carbonyl (C=O) groups is 1. The highest BCUT2D eigenvalue weighted by atomic mass is 32.1. The Morgan fingerprint density at radius 2 is 1.45 bits per heavy atom. The quantitative estimate of drug-likeness (QED) is 0.301. The molecule has 0 spiro atoms. The third-order valence-electron chi connectivity index (χ3n) is 2.57. The van der Waals surface area contributed by atoms with Crippen LogP contribution in [-0.2, 0) is 0 Å². The summed E-state index contributed by atoms with van der Waals surface area (Å²) in [6.45, 7) is 0. The summed E-state index contributed by atoms with van der Waals surface area (Å²) in [7, 11) is 0. The van der Waals surface area contributed by atoms with E-state index in [0.717, 1.165) is 11.4 Å². The van der Waals surface area contributed by atoms with Gasteiger partial charge in [0.25, 0.3) is 5.91 Å². The summed E-state index contributed by atoms with van der Waals surface area (Å²) in [4.78, 5) is 11.3. The molecule has 0 fully saturated rings. The number of nitrogens with two attached hydrogens (primary N) is 1. The average Bonchev–Trinajstić information content (AvgIpc) is 2.48. The summed E-state index contributed by atoms with van der Waals surface area (Å²) >= 11 is 5.20. The Hall–Kier alpha value is -2.44. The summed E-state index contributed by atoms with van der Waals surface area (Å²) in [5.74, 6) is 4.73. The Kier molecular flexibility index (Phi) is 4.65. The number of nitrogen functional groups attached to an aromatic ring is 1. The van der Waals surface area contributed by atoms with Gasteiger partial charge in [-0.1, -0.05) is 18.2 Å². The largest absolute Gasteiger partial charge is 0.332 e. The number of hydrazine groups is 1. The van der Waals surface area contributed by atoms with Gasteiger partial charge >= 0.3 is 0 Å². The van der Waals surface area contributed by atoms with Gasteiger partial charge in [-0.2, -0.15) is 0 Å². The van der Waals surface area contributed by atoms with Gasteiger partial charge in [0.2, 0.25) is 0 Å². The molecule has 0 saturated heterocycles. The number of anilines is 2. The van der Waals surface area contributed by atoms with Crippen molar-refractivity contribution in [3.05, 3.63) is 60.2 Å². The van der Waals surface area contributed by atoms with E-state index < -0.39 is 0 Å². The Morgan fingerprint density at radius 1 is 0.900 bits per heavy atom. The van der Waals surface area contributed by atoms with Crippen LogP contribution < -0.4 is 21.9 Å². The van der Waals surface area contributed by atoms with Crippen LogP contribution in [0.2, 0.25) is 0 Å². The molecule has 6 heteroatoms. The van der Waals surface area contributed by atoms with Crippen molar-refractivity contribution in [3.8, 4) is 0 Å². The van der Waals surface area contributed by atoms with Gasteiger partial charge < -0.3 is 10.6 Å². The van der Waals surface area contributed by atoms with Gasteiger partial charge in [-0.25, -0.2) is 5.84 Å². The van der Waals surface area contributed by atoms with Crippen LogP contribution >= 0.6 is 12.2 Å². The van der Waals surface area contributed by atoms with Gasteiger partial charge in [0.05, 0.1) is 0 Å². The zero-order chi connectivity index (χ0) is 14.4. The molecule has 2 aromatic rings. The van der Waals surface area contributed by atoms with E-state index in [9.17, 15) is 4.79 Å². The second-order valence-electron chi connectivity index (χ2n) is 4.00. The van der Waals surface area contributed by atoms with Gasteiger partial charge in [-0.3, -0.25) is 10.2 Å². The average molecular weight is 286 g/mol. The smallest absolute Gasteiger partial charge is 0.265 e. The van der Waals surface area contributed by atoms with E-state index in [-0.39, 0.29) is 5.91 Å². The fourth-order valence-corrected chi connectivity index (χ4v) is 1.84. The van der Waals surface area contributed by atoms with Crippen LogP contribution in [0.5, 0.6) is 0 Å². The maximum Gasteiger partial charge on any atom is 0.265 e. The molecule has 20 heavy (non-hydrogen) atoms. The second-order valence-corrected chi connectivity index (χ2v) is 4.40. The summed E-state index contributed by atoms with van der Waals surface area (Å²) in [5, 5.41) is 6.57. The normalized spacial score (nSPS) is 9.65. The lowest BCUT2D eigenvalue weighted by Crippen LogP contribution is -2.29. The number of carbonyl (C=O) groups excluding carboxylic acids is 1. The van der Waals surface area contributed by atoms with E-state index in [1.807, 2.05) is 30.3 Å². The maximum atomic E-state index is 11.3. The molecule has 0 aromatic heterocycles. The van der Waals surface area contributed by atoms with Crippen molar-refractivity contribution in [3.63, 3.8) is 0 Å².